The van der Waals surface area contributed by atoms with Gasteiger partial charge >= 0.3 is 0 Å². The second kappa shape index (κ2) is 6.67. The van der Waals surface area contributed by atoms with Crippen LogP contribution in [-0.2, 0) is 24.2 Å². The zero-order valence-corrected chi connectivity index (χ0v) is 14.7. The highest BCUT2D eigenvalue weighted by atomic mass is 32.1. The molecule has 2 aromatic rings. The third kappa shape index (κ3) is 2.99. The molecule has 5 nitrogen and oxygen atoms in total. The maximum Gasteiger partial charge on any atom is 0.262 e. The minimum absolute atomic E-state index is 0.0628. The monoisotopic (exact) mass is 345 g/mol. The van der Waals surface area contributed by atoms with E-state index in [1.165, 1.54) is 53.4 Å². The lowest BCUT2D eigenvalue weighted by atomic mass is 9.89. The van der Waals surface area contributed by atoms with Crippen LogP contribution in [-0.4, -0.2) is 22.0 Å². The Bertz CT molecular complexity index is 818. The number of carbonyl (C=O) groups is 1. The number of rotatable bonds is 4. The largest absolute Gasteiger partial charge is 0.354 e. The van der Waals surface area contributed by atoms with Crippen LogP contribution in [0.25, 0.3) is 10.2 Å². The van der Waals surface area contributed by atoms with Crippen LogP contribution in [0.15, 0.2) is 11.1 Å². The van der Waals surface area contributed by atoms with Crippen LogP contribution >= 0.6 is 11.3 Å². The Morgan fingerprint density at radius 1 is 1.25 bits per heavy atom. The quantitative estimate of drug-likeness (QED) is 0.926. The lowest BCUT2D eigenvalue weighted by Crippen LogP contribution is -2.35. The summed E-state index contributed by atoms with van der Waals surface area (Å²) in [6.45, 7) is 0.802. The van der Waals surface area contributed by atoms with Gasteiger partial charge < -0.3 is 5.32 Å². The van der Waals surface area contributed by atoms with Crippen LogP contribution in [0.2, 0.25) is 0 Å². The normalized spacial score (nSPS) is 18.0. The fourth-order valence-electron chi connectivity index (χ4n) is 3.99. The first kappa shape index (κ1) is 15.8. The minimum atomic E-state index is -0.0873. The van der Waals surface area contributed by atoms with Crippen molar-refractivity contribution in [1.82, 2.24) is 14.9 Å². The van der Waals surface area contributed by atoms with Crippen LogP contribution in [0, 0.1) is 5.92 Å². The van der Waals surface area contributed by atoms with Crippen LogP contribution in [0.5, 0.6) is 0 Å². The maximum atomic E-state index is 12.7. The van der Waals surface area contributed by atoms with E-state index in [4.69, 9.17) is 0 Å². The number of thiophene rings is 1. The first-order valence-corrected chi connectivity index (χ1v) is 9.80. The SMILES string of the molecule is O=C(Cn1cnc2sc3c(c2c1=O)CCC3)NCC1CCCCC1. The van der Waals surface area contributed by atoms with Gasteiger partial charge in [0, 0.05) is 11.4 Å². The highest BCUT2D eigenvalue weighted by Crippen LogP contribution is 2.34. The summed E-state index contributed by atoms with van der Waals surface area (Å²) in [7, 11) is 0. The molecule has 4 rings (SSSR count). The van der Waals surface area contributed by atoms with E-state index in [1.54, 1.807) is 11.3 Å². The fraction of sp³-hybridized carbons (Fsp3) is 0.611. The Morgan fingerprint density at radius 2 is 2.08 bits per heavy atom. The zero-order valence-electron chi connectivity index (χ0n) is 13.8. The minimum Gasteiger partial charge on any atom is -0.354 e. The average Bonchev–Trinajstić information content (AvgIpc) is 3.17. The van der Waals surface area contributed by atoms with Crippen molar-refractivity contribution in [2.45, 2.75) is 57.9 Å². The van der Waals surface area contributed by atoms with Crippen molar-refractivity contribution in [3.63, 3.8) is 0 Å². The highest BCUT2D eigenvalue weighted by molar-refractivity contribution is 7.18. The van der Waals surface area contributed by atoms with Crippen molar-refractivity contribution in [3.8, 4) is 0 Å². The van der Waals surface area contributed by atoms with Gasteiger partial charge in [0.2, 0.25) is 5.91 Å². The maximum absolute atomic E-state index is 12.7. The molecule has 0 bridgehead atoms. The molecule has 24 heavy (non-hydrogen) atoms. The number of hydrogen-bond acceptors (Lipinski definition) is 4. The van der Waals surface area contributed by atoms with Gasteiger partial charge in [0.05, 0.1) is 11.7 Å². The van der Waals surface area contributed by atoms with Crippen LogP contribution < -0.4 is 10.9 Å². The van der Waals surface area contributed by atoms with Gasteiger partial charge in [-0.1, -0.05) is 19.3 Å². The van der Waals surface area contributed by atoms with Gasteiger partial charge in [-0.25, -0.2) is 4.98 Å². The third-order valence-corrected chi connectivity index (χ3v) is 6.52. The number of carbonyl (C=O) groups excluding carboxylic acids is 1. The predicted octanol–water partition coefficient (Wildman–Crippen LogP) is 2.64. The number of aryl methyl sites for hydroxylation is 2. The summed E-state index contributed by atoms with van der Waals surface area (Å²) in [5.74, 6) is 0.510. The lowest BCUT2D eigenvalue weighted by Gasteiger charge is -2.21. The summed E-state index contributed by atoms with van der Waals surface area (Å²) in [4.78, 5) is 31.5. The highest BCUT2D eigenvalue weighted by Gasteiger charge is 2.22. The molecular weight excluding hydrogens is 322 g/mol. The van der Waals surface area contributed by atoms with Gasteiger partial charge in [-0.15, -0.1) is 11.3 Å². The molecule has 2 aliphatic rings. The van der Waals surface area contributed by atoms with Gasteiger partial charge in [-0.3, -0.25) is 14.2 Å². The zero-order chi connectivity index (χ0) is 16.5. The molecule has 2 aliphatic carbocycles. The van der Waals surface area contributed by atoms with E-state index >= 15 is 0 Å². The smallest absolute Gasteiger partial charge is 0.262 e. The van der Waals surface area contributed by atoms with Crippen molar-refractivity contribution in [2.75, 3.05) is 6.54 Å². The first-order chi connectivity index (χ1) is 11.7. The predicted molar refractivity (Wildman–Crippen MR) is 95.5 cm³/mol. The molecule has 0 aromatic carbocycles. The number of hydrogen-bond donors (Lipinski definition) is 1. The molecule has 0 atom stereocenters. The van der Waals surface area contributed by atoms with E-state index in [2.05, 4.69) is 10.3 Å². The van der Waals surface area contributed by atoms with Crippen molar-refractivity contribution in [3.05, 3.63) is 27.1 Å². The van der Waals surface area contributed by atoms with E-state index in [0.717, 1.165) is 36.0 Å². The van der Waals surface area contributed by atoms with Crippen molar-refractivity contribution in [2.24, 2.45) is 5.92 Å². The van der Waals surface area contributed by atoms with E-state index in [-0.39, 0.29) is 18.0 Å². The van der Waals surface area contributed by atoms with Crippen LogP contribution in [0.1, 0.15) is 49.0 Å². The molecule has 128 valence electrons. The second-order valence-electron chi connectivity index (χ2n) is 7.02. The van der Waals surface area contributed by atoms with E-state index in [0.29, 0.717) is 5.92 Å². The first-order valence-electron chi connectivity index (χ1n) is 8.99. The molecule has 0 radical (unpaired) electrons. The number of nitrogens with one attached hydrogen (secondary N) is 1. The number of nitrogens with zero attached hydrogens (tertiary/aromatic N) is 2. The molecule has 1 fully saturated rings. The fourth-order valence-corrected chi connectivity index (χ4v) is 5.21. The van der Waals surface area contributed by atoms with Crippen LogP contribution in [0.3, 0.4) is 0 Å². The summed E-state index contributed by atoms with van der Waals surface area (Å²) < 4.78 is 1.46. The summed E-state index contributed by atoms with van der Waals surface area (Å²) in [6, 6.07) is 0. The van der Waals surface area contributed by atoms with Gasteiger partial charge in [-0.2, -0.15) is 0 Å². The van der Waals surface area contributed by atoms with Crippen molar-refractivity contribution < 1.29 is 4.79 Å². The summed E-state index contributed by atoms with van der Waals surface area (Å²) in [6.07, 6.45) is 10.9. The Kier molecular flexibility index (Phi) is 4.39. The van der Waals surface area contributed by atoms with Crippen molar-refractivity contribution in [1.29, 1.82) is 0 Å². The Balaban J connectivity index is 1.47. The Morgan fingerprint density at radius 3 is 2.92 bits per heavy atom. The van der Waals surface area contributed by atoms with Gasteiger partial charge in [0.1, 0.15) is 11.4 Å². The van der Waals surface area contributed by atoms with Crippen molar-refractivity contribution >= 4 is 27.5 Å². The molecule has 1 N–H and O–H groups in total. The third-order valence-electron chi connectivity index (χ3n) is 5.32. The molecule has 1 amide bonds. The molecule has 1 saturated carbocycles. The molecule has 6 heteroatoms. The van der Waals surface area contributed by atoms with Gasteiger partial charge in [-0.05, 0) is 43.6 Å². The number of aromatic nitrogens is 2. The molecule has 0 aliphatic heterocycles. The molecule has 0 saturated heterocycles. The van der Waals surface area contributed by atoms with Gasteiger partial charge in [0.15, 0.2) is 0 Å². The Hall–Kier alpha value is -1.69. The van der Waals surface area contributed by atoms with E-state index in [9.17, 15) is 9.59 Å². The number of amides is 1. The standard InChI is InChI=1S/C18H23N3O2S/c22-15(19-9-12-5-2-1-3-6-12)10-21-11-20-17-16(18(21)23)13-7-4-8-14(13)24-17/h11-12H,1-10H2,(H,19,22). The average molecular weight is 345 g/mol. The lowest BCUT2D eigenvalue weighted by molar-refractivity contribution is -0.121. The summed E-state index contributed by atoms with van der Waals surface area (Å²) in [5.41, 5.74) is 1.11. The molecule has 2 heterocycles. The molecule has 0 unspecified atom stereocenters. The van der Waals surface area contributed by atoms with E-state index < -0.39 is 0 Å². The second-order valence-corrected chi connectivity index (χ2v) is 8.11. The van der Waals surface area contributed by atoms with Crippen LogP contribution in [0.4, 0.5) is 0 Å². The molecular formula is C18H23N3O2S. The van der Waals surface area contributed by atoms with Gasteiger partial charge in [0.25, 0.3) is 5.56 Å². The topological polar surface area (TPSA) is 64.0 Å². The Labute approximate surface area is 145 Å². The summed E-state index contributed by atoms with van der Waals surface area (Å²) >= 11 is 1.63. The number of fused-ring (bicyclic) bond motifs is 3. The molecule has 2 aromatic heterocycles. The van der Waals surface area contributed by atoms with E-state index in [1.807, 2.05) is 0 Å². The summed E-state index contributed by atoms with van der Waals surface area (Å²) in [5, 5.41) is 3.74. The molecule has 0 spiro atoms.